The molecule has 0 aromatic carbocycles. The number of nitrogens with zero attached hydrogens (tertiary/aromatic N) is 3. The summed E-state index contributed by atoms with van der Waals surface area (Å²) in [6, 6.07) is 0. The van der Waals surface area contributed by atoms with E-state index in [4.69, 9.17) is 0 Å². The van der Waals surface area contributed by atoms with Crippen LogP contribution in [0, 0.1) is 5.92 Å². The second-order valence-electron chi connectivity index (χ2n) is 3.36. The first-order chi connectivity index (χ1) is 6.27. The lowest BCUT2D eigenvalue weighted by atomic mass is 10.1. The molecule has 0 radical (unpaired) electrons. The van der Waals surface area contributed by atoms with Crippen LogP contribution in [0.15, 0.2) is 6.33 Å². The van der Waals surface area contributed by atoms with E-state index < -0.39 is 0 Å². The molecular formula is C9H16BrN3. The zero-order valence-corrected chi connectivity index (χ0v) is 9.79. The van der Waals surface area contributed by atoms with Crippen molar-refractivity contribution in [1.29, 1.82) is 0 Å². The molecule has 0 amide bonds. The maximum atomic E-state index is 4.25. The summed E-state index contributed by atoms with van der Waals surface area (Å²) in [6.45, 7) is 5.34. The van der Waals surface area contributed by atoms with Crippen molar-refractivity contribution >= 4 is 15.9 Å². The van der Waals surface area contributed by atoms with Crippen LogP contribution in [-0.2, 0) is 13.0 Å². The molecule has 1 atom stereocenters. The Balaban J connectivity index is 2.59. The second-order valence-corrected chi connectivity index (χ2v) is 4.01. The summed E-state index contributed by atoms with van der Waals surface area (Å²) in [5, 5.41) is 5.20. The quantitative estimate of drug-likeness (QED) is 0.746. The molecule has 1 rings (SSSR count). The van der Waals surface area contributed by atoms with Gasteiger partial charge in [0.1, 0.15) is 12.2 Å². The molecule has 13 heavy (non-hydrogen) atoms. The highest BCUT2D eigenvalue weighted by molar-refractivity contribution is 9.09. The molecule has 0 aliphatic heterocycles. The molecule has 1 unspecified atom stereocenters. The first-order valence-corrected chi connectivity index (χ1v) is 5.82. The lowest BCUT2D eigenvalue weighted by Crippen LogP contribution is -2.10. The van der Waals surface area contributed by atoms with Gasteiger partial charge in [0.15, 0.2) is 0 Å². The average molecular weight is 246 g/mol. The van der Waals surface area contributed by atoms with Crippen LogP contribution < -0.4 is 0 Å². The molecule has 0 aliphatic rings. The van der Waals surface area contributed by atoms with E-state index in [1.165, 1.54) is 0 Å². The van der Waals surface area contributed by atoms with Crippen molar-refractivity contribution in [1.82, 2.24) is 14.8 Å². The van der Waals surface area contributed by atoms with Gasteiger partial charge in [-0.25, -0.2) is 4.98 Å². The first-order valence-electron chi connectivity index (χ1n) is 4.70. The Morgan fingerprint density at radius 3 is 3.00 bits per heavy atom. The fraction of sp³-hybridized carbons (Fsp3) is 0.778. The molecule has 3 nitrogen and oxygen atoms in total. The van der Waals surface area contributed by atoms with E-state index in [0.29, 0.717) is 5.92 Å². The highest BCUT2D eigenvalue weighted by Gasteiger charge is 2.07. The van der Waals surface area contributed by atoms with Gasteiger partial charge >= 0.3 is 0 Å². The normalized spacial score (nSPS) is 13.2. The van der Waals surface area contributed by atoms with Gasteiger partial charge in [0, 0.05) is 18.3 Å². The summed E-state index contributed by atoms with van der Waals surface area (Å²) < 4.78 is 2.00. The van der Waals surface area contributed by atoms with Gasteiger partial charge in [-0.15, -0.1) is 0 Å². The number of rotatable bonds is 5. The van der Waals surface area contributed by atoms with Gasteiger partial charge in [0.05, 0.1) is 0 Å². The third-order valence-corrected chi connectivity index (χ3v) is 3.03. The highest BCUT2D eigenvalue weighted by atomic mass is 79.9. The molecule has 1 aromatic heterocycles. The van der Waals surface area contributed by atoms with Crippen molar-refractivity contribution < 1.29 is 0 Å². The van der Waals surface area contributed by atoms with Gasteiger partial charge in [-0.2, -0.15) is 5.10 Å². The molecule has 0 saturated carbocycles. The first kappa shape index (κ1) is 10.7. The number of aromatic nitrogens is 3. The van der Waals surface area contributed by atoms with E-state index in [9.17, 15) is 0 Å². The van der Waals surface area contributed by atoms with E-state index in [0.717, 1.165) is 30.5 Å². The van der Waals surface area contributed by atoms with Crippen LogP contribution in [0.4, 0.5) is 0 Å². The van der Waals surface area contributed by atoms with Crippen molar-refractivity contribution in [3.8, 4) is 0 Å². The molecule has 0 spiro atoms. The molecule has 0 saturated heterocycles. The predicted molar refractivity (Wildman–Crippen MR) is 57.0 cm³/mol. The molecule has 0 aliphatic carbocycles. The minimum absolute atomic E-state index is 0.625. The summed E-state index contributed by atoms with van der Waals surface area (Å²) in [6.07, 6.45) is 3.76. The Labute approximate surface area is 87.7 Å². The lowest BCUT2D eigenvalue weighted by molar-refractivity contribution is 0.534. The van der Waals surface area contributed by atoms with Gasteiger partial charge in [-0.1, -0.05) is 29.8 Å². The second kappa shape index (κ2) is 5.37. The largest absolute Gasteiger partial charge is 0.250 e. The van der Waals surface area contributed by atoms with Gasteiger partial charge in [0.25, 0.3) is 0 Å². The standard InChI is InChI=1S/C9H16BrN3/c1-3-4-13-9(11-7-12-13)5-8(2)6-10/h7-8H,3-6H2,1-2H3. The minimum atomic E-state index is 0.625. The van der Waals surface area contributed by atoms with Crippen molar-refractivity contribution in [2.24, 2.45) is 5.92 Å². The third kappa shape index (κ3) is 3.10. The molecule has 0 N–H and O–H groups in total. The Morgan fingerprint density at radius 2 is 2.38 bits per heavy atom. The van der Waals surface area contributed by atoms with E-state index >= 15 is 0 Å². The Hall–Kier alpha value is -0.380. The van der Waals surface area contributed by atoms with E-state index in [-0.39, 0.29) is 0 Å². The van der Waals surface area contributed by atoms with Crippen molar-refractivity contribution in [3.05, 3.63) is 12.2 Å². The molecule has 74 valence electrons. The van der Waals surface area contributed by atoms with Gasteiger partial charge in [-0.05, 0) is 12.3 Å². The van der Waals surface area contributed by atoms with Crippen LogP contribution >= 0.6 is 15.9 Å². The van der Waals surface area contributed by atoms with Crippen LogP contribution in [0.2, 0.25) is 0 Å². The van der Waals surface area contributed by atoms with Crippen LogP contribution in [-0.4, -0.2) is 20.1 Å². The fourth-order valence-corrected chi connectivity index (χ4v) is 1.44. The summed E-state index contributed by atoms with van der Waals surface area (Å²) in [4.78, 5) is 4.25. The predicted octanol–water partition coefficient (Wildman–Crippen LogP) is 2.26. The van der Waals surface area contributed by atoms with Crippen molar-refractivity contribution in [3.63, 3.8) is 0 Å². The molecule has 1 aromatic rings. The molecule has 1 heterocycles. The van der Waals surface area contributed by atoms with Gasteiger partial charge in [0.2, 0.25) is 0 Å². The fourth-order valence-electron chi connectivity index (χ4n) is 1.21. The van der Waals surface area contributed by atoms with Gasteiger partial charge in [-0.3, -0.25) is 4.68 Å². The molecule has 0 bridgehead atoms. The van der Waals surface area contributed by atoms with E-state index in [1.807, 2.05) is 4.68 Å². The zero-order valence-electron chi connectivity index (χ0n) is 8.20. The lowest BCUT2D eigenvalue weighted by Gasteiger charge is -2.07. The maximum Gasteiger partial charge on any atom is 0.138 e. The van der Waals surface area contributed by atoms with E-state index in [2.05, 4.69) is 39.9 Å². The topological polar surface area (TPSA) is 30.7 Å². The van der Waals surface area contributed by atoms with Crippen LogP contribution in [0.5, 0.6) is 0 Å². The van der Waals surface area contributed by atoms with Crippen LogP contribution in [0.3, 0.4) is 0 Å². The smallest absolute Gasteiger partial charge is 0.138 e. The third-order valence-electron chi connectivity index (χ3n) is 1.93. The number of aryl methyl sites for hydroxylation is 1. The summed E-state index contributed by atoms with van der Waals surface area (Å²) in [5.74, 6) is 1.73. The number of hydrogen-bond acceptors (Lipinski definition) is 2. The number of hydrogen-bond donors (Lipinski definition) is 0. The highest BCUT2D eigenvalue weighted by Crippen LogP contribution is 2.08. The van der Waals surface area contributed by atoms with Crippen molar-refractivity contribution in [2.45, 2.75) is 33.2 Å². The summed E-state index contributed by atoms with van der Waals surface area (Å²) in [7, 11) is 0. The maximum absolute atomic E-state index is 4.25. The van der Waals surface area contributed by atoms with Crippen LogP contribution in [0.1, 0.15) is 26.1 Å². The van der Waals surface area contributed by atoms with Crippen LogP contribution in [0.25, 0.3) is 0 Å². The summed E-state index contributed by atoms with van der Waals surface area (Å²) >= 11 is 3.47. The average Bonchev–Trinajstić information content (AvgIpc) is 2.54. The Bertz CT molecular complexity index is 247. The Kier molecular flexibility index (Phi) is 4.42. The number of halogens is 1. The van der Waals surface area contributed by atoms with Crippen molar-refractivity contribution in [2.75, 3.05) is 5.33 Å². The summed E-state index contributed by atoms with van der Waals surface area (Å²) in [5.41, 5.74) is 0. The minimum Gasteiger partial charge on any atom is -0.250 e. The molecule has 0 fully saturated rings. The molecule has 4 heteroatoms. The molecular weight excluding hydrogens is 230 g/mol. The monoisotopic (exact) mass is 245 g/mol. The number of alkyl halides is 1. The zero-order chi connectivity index (χ0) is 9.68. The Morgan fingerprint density at radius 1 is 1.62 bits per heavy atom. The SMILES string of the molecule is CCCn1ncnc1CC(C)CBr. The van der Waals surface area contributed by atoms with Gasteiger partial charge < -0.3 is 0 Å². The van der Waals surface area contributed by atoms with E-state index in [1.54, 1.807) is 6.33 Å².